The summed E-state index contributed by atoms with van der Waals surface area (Å²) >= 11 is 0. The number of benzene rings is 2. The van der Waals surface area contributed by atoms with Crippen molar-refractivity contribution >= 4 is 5.69 Å². The summed E-state index contributed by atoms with van der Waals surface area (Å²) in [6.45, 7) is 0. The van der Waals surface area contributed by atoms with Gasteiger partial charge in [0.1, 0.15) is 17.7 Å². The minimum absolute atomic E-state index is 0.0799. The summed E-state index contributed by atoms with van der Waals surface area (Å²) < 4.78 is 12.7. The van der Waals surface area contributed by atoms with Gasteiger partial charge in [-0.2, -0.15) is 0 Å². The van der Waals surface area contributed by atoms with E-state index in [1.54, 1.807) is 12.1 Å². The van der Waals surface area contributed by atoms with Crippen LogP contribution in [0.4, 0.5) is 10.1 Å². The maximum Gasteiger partial charge on any atom is 0.138 e. The summed E-state index contributed by atoms with van der Waals surface area (Å²) in [5.74, 6) is -0.450. The number of rotatable bonds is 2. The first-order valence-corrected chi connectivity index (χ1v) is 5.10. The van der Waals surface area contributed by atoms with Crippen LogP contribution in [0, 0.1) is 5.82 Å². The van der Waals surface area contributed by atoms with E-state index in [0.717, 1.165) is 0 Å². The first kappa shape index (κ1) is 11.4. The van der Waals surface area contributed by atoms with Gasteiger partial charge in [0.25, 0.3) is 0 Å². The molecule has 0 amide bonds. The summed E-state index contributed by atoms with van der Waals surface area (Å²) in [6.07, 6.45) is -0.984. The van der Waals surface area contributed by atoms with E-state index >= 15 is 0 Å². The molecule has 1 atom stereocenters. The summed E-state index contributed by atoms with van der Waals surface area (Å²) in [6, 6.07) is 10.1. The predicted octanol–water partition coefficient (Wildman–Crippen LogP) is 2.20. The Morgan fingerprint density at radius 2 is 1.71 bits per heavy atom. The average Bonchev–Trinajstić information content (AvgIpc) is 2.33. The third kappa shape index (κ3) is 2.21. The number of para-hydroxylation sites is 1. The second-order valence-corrected chi connectivity index (χ2v) is 3.73. The molecular formula is C13H12FNO2. The predicted molar refractivity (Wildman–Crippen MR) is 63.0 cm³/mol. The molecule has 0 spiro atoms. The van der Waals surface area contributed by atoms with Crippen molar-refractivity contribution in [2.75, 3.05) is 5.73 Å². The largest absolute Gasteiger partial charge is 0.506 e. The van der Waals surface area contributed by atoms with E-state index in [2.05, 4.69) is 0 Å². The second kappa shape index (κ2) is 4.43. The van der Waals surface area contributed by atoms with E-state index in [0.29, 0.717) is 11.1 Å². The van der Waals surface area contributed by atoms with Gasteiger partial charge in [-0.05, 0) is 23.8 Å². The molecule has 88 valence electrons. The third-order valence-electron chi connectivity index (χ3n) is 2.60. The minimum atomic E-state index is -0.984. The number of phenols is 1. The Morgan fingerprint density at radius 3 is 2.35 bits per heavy atom. The normalized spacial score (nSPS) is 12.4. The monoisotopic (exact) mass is 233 g/mol. The third-order valence-corrected chi connectivity index (χ3v) is 2.60. The van der Waals surface area contributed by atoms with E-state index in [4.69, 9.17) is 5.73 Å². The molecule has 4 N–H and O–H groups in total. The molecule has 0 fully saturated rings. The topological polar surface area (TPSA) is 66.5 Å². The number of anilines is 1. The van der Waals surface area contributed by atoms with Crippen molar-refractivity contribution in [1.82, 2.24) is 0 Å². The fourth-order valence-corrected chi connectivity index (χ4v) is 1.63. The molecule has 0 bridgehead atoms. The van der Waals surface area contributed by atoms with Gasteiger partial charge in [0.15, 0.2) is 0 Å². The molecule has 0 aliphatic carbocycles. The van der Waals surface area contributed by atoms with Crippen LogP contribution in [0.15, 0.2) is 42.5 Å². The van der Waals surface area contributed by atoms with Crippen molar-refractivity contribution in [1.29, 1.82) is 0 Å². The van der Waals surface area contributed by atoms with Gasteiger partial charge in [-0.3, -0.25) is 0 Å². The molecule has 0 saturated carbocycles. The minimum Gasteiger partial charge on any atom is -0.506 e. The fraction of sp³-hybridized carbons (Fsp3) is 0.0769. The summed E-state index contributed by atoms with van der Waals surface area (Å²) in [7, 11) is 0. The number of aromatic hydroxyl groups is 1. The van der Waals surface area contributed by atoms with Gasteiger partial charge in [0, 0.05) is 5.56 Å². The molecule has 0 radical (unpaired) electrons. The Kier molecular flexibility index (Phi) is 2.97. The van der Waals surface area contributed by atoms with Crippen LogP contribution in [0.3, 0.4) is 0 Å². The maximum absolute atomic E-state index is 12.7. The highest BCUT2D eigenvalue weighted by Gasteiger charge is 2.15. The van der Waals surface area contributed by atoms with E-state index in [-0.39, 0.29) is 17.3 Å². The first-order chi connectivity index (χ1) is 8.09. The molecule has 17 heavy (non-hydrogen) atoms. The number of halogens is 1. The average molecular weight is 233 g/mol. The number of nitrogens with two attached hydrogens (primary N) is 1. The van der Waals surface area contributed by atoms with Gasteiger partial charge in [0.2, 0.25) is 0 Å². The summed E-state index contributed by atoms with van der Waals surface area (Å²) in [5, 5.41) is 19.5. The van der Waals surface area contributed by atoms with Gasteiger partial charge < -0.3 is 15.9 Å². The van der Waals surface area contributed by atoms with E-state index in [9.17, 15) is 14.6 Å². The number of aliphatic hydroxyl groups is 1. The number of phenolic OH excluding ortho intramolecular Hbond substituents is 1. The molecule has 2 aromatic rings. The van der Waals surface area contributed by atoms with Crippen LogP contribution in [0.2, 0.25) is 0 Å². The molecule has 0 aliphatic heterocycles. The van der Waals surface area contributed by atoms with Gasteiger partial charge in [-0.25, -0.2) is 4.39 Å². The lowest BCUT2D eigenvalue weighted by Gasteiger charge is -2.14. The van der Waals surface area contributed by atoms with Crippen LogP contribution in [-0.4, -0.2) is 10.2 Å². The summed E-state index contributed by atoms with van der Waals surface area (Å²) in [4.78, 5) is 0. The quantitative estimate of drug-likeness (QED) is 0.550. The lowest BCUT2D eigenvalue weighted by Crippen LogP contribution is -2.03. The Hall–Kier alpha value is -2.07. The van der Waals surface area contributed by atoms with Crippen LogP contribution >= 0.6 is 0 Å². The van der Waals surface area contributed by atoms with Gasteiger partial charge in [0.05, 0.1) is 5.69 Å². The zero-order valence-corrected chi connectivity index (χ0v) is 8.97. The molecule has 0 aliphatic rings. The van der Waals surface area contributed by atoms with Gasteiger partial charge in [-0.1, -0.05) is 24.3 Å². The van der Waals surface area contributed by atoms with Gasteiger partial charge in [-0.15, -0.1) is 0 Å². The number of hydrogen-bond acceptors (Lipinski definition) is 3. The number of hydrogen-bond donors (Lipinski definition) is 3. The maximum atomic E-state index is 12.7. The van der Waals surface area contributed by atoms with E-state index < -0.39 is 6.10 Å². The highest BCUT2D eigenvalue weighted by molar-refractivity contribution is 5.59. The van der Waals surface area contributed by atoms with Crippen LogP contribution in [-0.2, 0) is 0 Å². The van der Waals surface area contributed by atoms with Crippen molar-refractivity contribution in [2.24, 2.45) is 0 Å². The summed E-state index contributed by atoms with van der Waals surface area (Å²) in [5.41, 5.74) is 6.71. The van der Waals surface area contributed by atoms with Crippen LogP contribution in [0.25, 0.3) is 0 Å². The fourth-order valence-electron chi connectivity index (χ4n) is 1.63. The Morgan fingerprint density at radius 1 is 1.06 bits per heavy atom. The standard InChI is InChI=1S/C13H12FNO2/c14-9-6-4-8(5-7-9)13(17)10-2-1-3-11(16)12(10)15/h1-7,13,16-17H,15H2. The van der Waals surface area contributed by atoms with Crippen molar-refractivity contribution in [3.8, 4) is 5.75 Å². The van der Waals surface area contributed by atoms with E-state index in [1.165, 1.54) is 30.3 Å². The molecule has 2 aromatic carbocycles. The molecular weight excluding hydrogens is 221 g/mol. The van der Waals surface area contributed by atoms with E-state index in [1.807, 2.05) is 0 Å². The Balaban J connectivity index is 2.40. The van der Waals surface area contributed by atoms with Crippen molar-refractivity contribution < 1.29 is 14.6 Å². The molecule has 0 saturated heterocycles. The Labute approximate surface area is 97.9 Å². The highest BCUT2D eigenvalue weighted by Crippen LogP contribution is 2.31. The van der Waals surface area contributed by atoms with Crippen LogP contribution < -0.4 is 5.73 Å². The number of nitrogen functional groups attached to an aromatic ring is 1. The smallest absolute Gasteiger partial charge is 0.138 e. The lowest BCUT2D eigenvalue weighted by molar-refractivity contribution is 0.220. The zero-order valence-electron chi connectivity index (χ0n) is 8.97. The molecule has 3 nitrogen and oxygen atoms in total. The molecule has 1 unspecified atom stereocenters. The van der Waals surface area contributed by atoms with Crippen LogP contribution in [0.1, 0.15) is 17.2 Å². The Bertz CT molecular complexity index is 525. The van der Waals surface area contributed by atoms with Crippen LogP contribution in [0.5, 0.6) is 5.75 Å². The second-order valence-electron chi connectivity index (χ2n) is 3.73. The molecule has 4 heteroatoms. The molecule has 0 heterocycles. The highest BCUT2D eigenvalue weighted by atomic mass is 19.1. The zero-order chi connectivity index (χ0) is 12.4. The lowest BCUT2D eigenvalue weighted by atomic mass is 10.00. The first-order valence-electron chi connectivity index (χ1n) is 5.10. The van der Waals surface area contributed by atoms with Crippen molar-refractivity contribution in [3.63, 3.8) is 0 Å². The SMILES string of the molecule is Nc1c(O)cccc1C(O)c1ccc(F)cc1. The molecule has 0 aromatic heterocycles. The van der Waals surface area contributed by atoms with Gasteiger partial charge >= 0.3 is 0 Å². The van der Waals surface area contributed by atoms with Crippen molar-refractivity contribution in [2.45, 2.75) is 6.10 Å². The molecule has 2 rings (SSSR count). The van der Waals surface area contributed by atoms with Crippen molar-refractivity contribution in [3.05, 3.63) is 59.4 Å². The number of aliphatic hydroxyl groups excluding tert-OH is 1.